The van der Waals surface area contributed by atoms with Gasteiger partial charge in [0.25, 0.3) is 0 Å². The van der Waals surface area contributed by atoms with E-state index in [-0.39, 0.29) is 0 Å². The van der Waals surface area contributed by atoms with Gasteiger partial charge in [-0.25, -0.2) is 0 Å². The molecule has 7 heteroatoms. The van der Waals surface area contributed by atoms with Crippen molar-refractivity contribution in [1.29, 1.82) is 0 Å². The highest BCUT2D eigenvalue weighted by molar-refractivity contribution is 6.62. The third-order valence-corrected chi connectivity index (χ3v) is 4.41. The van der Waals surface area contributed by atoms with Gasteiger partial charge in [0.2, 0.25) is 5.91 Å². The van der Waals surface area contributed by atoms with Crippen LogP contribution in [0.3, 0.4) is 0 Å². The minimum absolute atomic E-state index is 0.354. The summed E-state index contributed by atoms with van der Waals surface area (Å²) in [6.07, 6.45) is -3.13. The van der Waals surface area contributed by atoms with Crippen molar-refractivity contribution in [2.75, 3.05) is 0 Å². The summed E-state index contributed by atoms with van der Waals surface area (Å²) in [6, 6.07) is 6.81. The van der Waals surface area contributed by atoms with E-state index in [1.165, 1.54) is 0 Å². The molecule has 1 fully saturated rings. The highest BCUT2D eigenvalue weighted by Crippen LogP contribution is 2.37. The molecule has 0 aliphatic carbocycles. The van der Waals surface area contributed by atoms with E-state index < -0.39 is 36.4 Å². The number of primary amides is 1. The van der Waals surface area contributed by atoms with E-state index in [4.69, 9.17) is 15.0 Å². The number of carbonyl (C=O) groups is 1. The monoisotopic (exact) mass is 307 g/mol. The van der Waals surface area contributed by atoms with Crippen LogP contribution in [0.2, 0.25) is 0 Å². The highest BCUT2D eigenvalue weighted by atomic mass is 16.7. The van der Waals surface area contributed by atoms with Gasteiger partial charge in [0.15, 0.2) is 6.10 Å². The maximum Gasteiger partial charge on any atom is 0.495 e. The lowest BCUT2D eigenvalue weighted by Gasteiger charge is -2.32. The third-order valence-electron chi connectivity index (χ3n) is 4.41. The van der Waals surface area contributed by atoms with Gasteiger partial charge < -0.3 is 25.3 Å². The lowest BCUT2D eigenvalue weighted by molar-refractivity contribution is -0.131. The topological polar surface area (TPSA) is 102 Å². The Morgan fingerprint density at radius 1 is 1.14 bits per heavy atom. The number of aliphatic hydroxyl groups is 2. The van der Waals surface area contributed by atoms with Crippen molar-refractivity contribution < 1.29 is 24.3 Å². The van der Waals surface area contributed by atoms with Gasteiger partial charge in [0.05, 0.1) is 11.2 Å². The van der Waals surface area contributed by atoms with Gasteiger partial charge in [-0.05, 0) is 38.7 Å². The molecule has 2 atom stereocenters. The Hall–Kier alpha value is -1.41. The molecule has 1 aromatic carbocycles. The van der Waals surface area contributed by atoms with Crippen LogP contribution in [-0.4, -0.2) is 40.5 Å². The highest BCUT2D eigenvalue weighted by Gasteiger charge is 2.52. The van der Waals surface area contributed by atoms with Gasteiger partial charge in [-0.1, -0.05) is 24.3 Å². The first-order chi connectivity index (χ1) is 10.1. The first-order valence-electron chi connectivity index (χ1n) is 7.17. The molecule has 1 aliphatic heterocycles. The van der Waals surface area contributed by atoms with Gasteiger partial charge in [-0.3, -0.25) is 4.79 Å². The molecule has 0 aromatic heterocycles. The Morgan fingerprint density at radius 2 is 1.64 bits per heavy atom. The van der Waals surface area contributed by atoms with Crippen molar-refractivity contribution in [3.8, 4) is 0 Å². The average Bonchev–Trinajstić information content (AvgIpc) is 2.65. The second-order valence-corrected chi connectivity index (χ2v) is 6.51. The smallest absolute Gasteiger partial charge is 0.399 e. The molecule has 1 amide bonds. The lowest BCUT2D eigenvalue weighted by atomic mass is 9.74. The molecule has 0 saturated carbocycles. The fourth-order valence-electron chi connectivity index (χ4n) is 2.29. The molecule has 22 heavy (non-hydrogen) atoms. The van der Waals surface area contributed by atoms with Crippen molar-refractivity contribution in [2.24, 2.45) is 5.73 Å². The molecule has 4 N–H and O–H groups in total. The van der Waals surface area contributed by atoms with Gasteiger partial charge in [-0.2, -0.15) is 0 Å². The maximum absolute atomic E-state index is 11.1. The second-order valence-electron chi connectivity index (χ2n) is 6.51. The van der Waals surface area contributed by atoms with E-state index in [1.807, 2.05) is 27.7 Å². The minimum atomic E-state index is -1.69. The normalized spacial score (nSPS) is 22.4. The number of nitrogens with two attached hydrogens (primary N) is 1. The Labute approximate surface area is 130 Å². The average molecular weight is 307 g/mol. The van der Waals surface area contributed by atoms with Gasteiger partial charge >= 0.3 is 7.12 Å². The fraction of sp³-hybridized carbons (Fsp3) is 0.533. The summed E-state index contributed by atoms with van der Waals surface area (Å²) < 4.78 is 11.9. The van der Waals surface area contributed by atoms with E-state index in [9.17, 15) is 15.0 Å². The molecule has 0 bridgehead atoms. The zero-order valence-corrected chi connectivity index (χ0v) is 13.2. The van der Waals surface area contributed by atoms with Crippen LogP contribution in [0.5, 0.6) is 0 Å². The Morgan fingerprint density at radius 3 is 2.14 bits per heavy atom. The molecule has 1 heterocycles. The van der Waals surface area contributed by atoms with Crippen molar-refractivity contribution in [3.63, 3.8) is 0 Å². The Kier molecular flexibility index (Phi) is 4.36. The van der Waals surface area contributed by atoms with Crippen LogP contribution >= 0.6 is 0 Å². The van der Waals surface area contributed by atoms with Gasteiger partial charge in [0, 0.05) is 0 Å². The SMILES string of the molecule is CC1(C)OB(c2ccccc2C(O)C(O)C(N)=O)OC1(C)C. The predicted octanol–water partition coefficient (Wildman–Crippen LogP) is -0.135. The van der Waals surface area contributed by atoms with Crippen molar-refractivity contribution in [3.05, 3.63) is 29.8 Å². The Bertz CT molecular complexity index is 559. The van der Waals surface area contributed by atoms with E-state index in [1.54, 1.807) is 24.3 Å². The zero-order chi connectivity index (χ0) is 16.7. The maximum atomic E-state index is 11.1. The van der Waals surface area contributed by atoms with Crippen LogP contribution in [0.25, 0.3) is 0 Å². The van der Waals surface area contributed by atoms with E-state index >= 15 is 0 Å². The van der Waals surface area contributed by atoms with Crippen LogP contribution in [0.15, 0.2) is 24.3 Å². The second kappa shape index (κ2) is 5.66. The van der Waals surface area contributed by atoms with Crippen LogP contribution < -0.4 is 11.2 Å². The molecule has 2 unspecified atom stereocenters. The van der Waals surface area contributed by atoms with Crippen molar-refractivity contribution >= 4 is 18.5 Å². The number of carbonyl (C=O) groups excluding carboxylic acids is 1. The number of aliphatic hydroxyl groups excluding tert-OH is 2. The molecule has 2 rings (SSSR count). The van der Waals surface area contributed by atoms with Crippen molar-refractivity contribution in [2.45, 2.75) is 51.1 Å². The quantitative estimate of drug-likeness (QED) is 0.672. The molecule has 1 aromatic rings. The van der Waals surface area contributed by atoms with Gasteiger partial charge in [-0.15, -0.1) is 0 Å². The molecular formula is C15H22BNO5. The molecule has 1 saturated heterocycles. The summed E-state index contributed by atoms with van der Waals surface area (Å²) in [6.45, 7) is 7.68. The predicted molar refractivity (Wildman–Crippen MR) is 82.3 cm³/mol. The third kappa shape index (κ3) is 2.89. The van der Waals surface area contributed by atoms with Crippen LogP contribution in [0.1, 0.15) is 39.4 Å². The summed E-state index contributed by atoms with van der Waals surface area (Å²) >= 11 is 0. The number of rotatable bonds is 4. The van der Waals surface area contributed by atoms with Crippen LogP contribution in [-0.2, 0) is 14.1 Å². The standard InChI is InChI=1S/C15H22BNO5/c1-14(2)15(3,4)22-16(21-14)10-8-6-5-7-9(10)11(18)12(19)13(17)20/h5-8,11-12,18-19H,1-4H3,(H2,17,20). The summed E-state index contributed by atoms with van der Waals surface area (Å²) in [7, 11) is -0.698. The first kappa shape index (κ1) is 17.0. The summed E-state index contributed by atoms with van der Waals surface area (Å²) in [5, 5.41) is 19.9. The summed E-state index contributed by atoms with van der Waals surface area (Å²) in [4.78, 5) is 11.1. The molecule has 1 aliphatic rings. The molecule has 6 nitrogen and oxygen atoms in total. The molecule has 0 spiro atoms. The number of benzene rings is 1. The number of hydrogen-bond acceptors (Lipinski definition) is 5. The lowest BCUT2D eigenvalue weighted by Crippen LogP contribution is -2.41. The van der Waals surface area contributed by atoms with Crippen LogP contribution in [0.4, 0.5) is 0 Å². The van der Waals surface area contributed by atoms with Crippen molar-refractivity contribution in [1.82, 2.24) is 0 Å². The van der Waals surface area contributed by atoms with E-state index in [0.29, 0.717) is 11.0 Å². The zero-order valence-electron chi connectivity index (χ0n) is 13.2. The largest absolute Gasteiger partial charge is 0.495 e. The summed E-state index contributed by atoms with van der Waals surface area (Å²) in [5.41, 5.74) is 4.91. The summed E-state index contributed by atoms with van der Waals surface area (Å²) in [5.74, 6) is -0.990. The number of amides is 1. The molecular weight excluding hydrogens is 285 g/mol. The Balaban J connectivity index is 2.36. The molecule has 0 radical (unpaired) electrons. The number of hydrogen-bond donors (Lipinski definition) is 3. The van der Waals surface area contributed by atoms with Gasteiger partial charge in [0.1, 0.15) is 6.10 Å². The van der Waals surface area contributed by atoms with E-state index in [2.05, 4.69) is 0 Å². The molecule has 120 valence electrons. The first-order valence-corrected chi connectivity index (χ1v) is 7.17. The minimum Gasteiger partial charge on any atom is -0.399 e. The van der Waals surface area contributed by atoms with Crippen LogP contribution in [0, 0.1) is 0 Å². The van der Waals surface area contributed by atoms with E-state index in [0.717, 1.165) is 0 Å². The fourth-order valence-corrected chi connectivity index (χ4v) is 2.29.